The van der Waals surface area contributed by atoms with E-state index in [0.717, 1.165) is 38.8 Å². The maximum Gasteiger partial charge on any atom is 0.275 e. The van der Waals surface area contributed by atoms with Crippen LogP contribution < -0.4 is 5.73 Å². The molecule has 134 valence electrons. The summed E-state index contributed by atoms with van der Waals surface area (Å²) in [4.78, 5) is 21.5. The van der Waals surface area contributed by atoms with Gasteiger partial charge in [-0.3, -0.25) is 4.79 Å². The van der Waals surface area contributed by atoms with Gasteiger partial charge in [-0.25, -0.2) is 4.98 Å². The van der Waals surface area contributed by atoms with E-state index >= 15 is 0 Å². The molecule has 2 saturated heterocycles. The number of carbonyl (C=O) groups excluding carboxylic acids is 1. The summed E-state index contributed by atoms with van der Waals surface area (Å²) in [6.07, 6.45) is 9.37. The van der Waals surface area contributed by atoms with Crippen molar-refractivity contribution < 1.29 is 9.21 Å². The number of rotatable bonds is 5. The van der Waals surface area contributed by atoms with E-state index in [2.05, 4.69) is 16.8 Å². The molecule has 6 heteroatoms. The van der Waals surface area contributed by atoms with Crippen LogP contribution in [-0.4, -0.2) is 52.9 Å². The van der Waals surface area contributed by atoms with Gasteiger partial charge < -0.3 is 20.0 Å². The topological polar surface area (TPSA) is 75.6 Å². The first-order chi connectivity index (χ1) is 11.7. The lowest BCUT2D eigenvalue weighted by Crippen LogP contribution is -2.48. The van der Waals surface area contributed by atoms with Gasteiger partial charge in [-0.1, -0.05) is 19.8 Å². The zero-order chi connectivity index (χ0) is 16.9. The zero-order valence-electron chi connectivity index (χ0n) is 14.7. The maximum atomic E-state index is 12.6. The van der Waals surface area contributed by atoms with Crippen LogP contribution in [0, 0.1) is 0 Å². The van der Waals surface area contributed by atoms with Crippen LogP contribution in [0.2, 0.25) is 0 Å². The summed E-state index contributed by atoms with van der Waals surface area (Å²) in [7, 11) is 0. The Morgan fingerprint density at radius 2 is 2.00 bits per heavy atom. The molecule has 0 aromatic carbocycles. The van der Waals surface area contributed by atoms with Crippen molar-refractivity contribution in [1.29, 1.82) is 0 Å². The second-order valence-electron chi connectivity index (χ2n) is 7.09. The van der Waals surface area contributed by atoms with Crippen molar-refractivity contribution in [2.24, 2.45) is 5.73 Å². The summed E-state index contributed by atoms with van der Waals surface area (Å²) >= 11 is 0. The molecule has 1 atom stereocenters. The number of nitrogens with two attached hydrogens (primary N) is 1. The summed E-state index contributed by atoms with van der Waals surface area (Å²) < 4.78 is 5.42. The van der Waals surface area contributed by atoms with Crippen LogP contribution in [0.3, 0.4) is 0 Å². The average molecular weight is 334 g/mol. The number of hydrogen-bond donors (Lipinski definition) is 1. The lowest BCUT2D eigenvalue weighted by molar-refractivity contribution is 0.0584. The Hall–Kier alpha value is -1.40. The third-order valence-corrected chi connectivity index (χ3v) is 5.32. The van der Waals surface area contributed by atoms with Crippen LogP contribution in [0.4, 0.5) is 0 Å². The summed E-state index contributed by atoms with van der Waals surface area (Å²) in [5.41, 5.74) is 6.41. The third-order valence-electron chi connectivity index (χ3n) is 5.32. The van der Waals surface area contributed by atoms with Gasteiger partial charge in [0.05, 0.1) is 6.04 Å². The van der Waals surface area contributed by atoms with E-state index in [9.17, 15) is 4.79 Å². The smallest absolute Gasteiger partial charge is 0.275 e. The fourth-order valence-corrected chi connectivity index (χ4v) is 3.87. The number of hydrogen-bond acceptors (Lipinski definition) is 5. The average Bonchev–Trinajstić information content (AvgIpc) is 3.12. The first-order valence-electron chi connectivity index (χ1n) is 9.43. The molecule has 2 fully saturated rings. The van der Waals surface area contributed by atoms with Gasteiger partial charge in [0.2, 0.25) is 5.89 Å². The van der Waals surface area contributed by atoms with Crippen LogP contribution in [-0.2, 0) is 0 Å². The van der Waals surface area contributed by atoms with Crippen LogP contribution in [0.1, 0.15) is 74.3 Å². The van der Waals surface area contributed by atoms with Gasteiger partial charge in [0.1, 0.15) is 6.26 Å². The molecule has 1 unspecified atom stereocenters. The van der Waals surface area contributed by atoms with Gasteiger partial charge >= 0.3 is 0 Å². The van der Waals surface area contributed by atoms with Crippen molar-refractivity contribution in [1.82, 2.24) is 14.8 Å². The fraction of sp³-hybridized carbons (Fsp3) is 0.778. The van der Waals surface area contributed by atoms with Crippen LogP contribution >= 0.6 is 0 Å². The van der Waals surface area contributed by atoms with E-state index in [-0.39, 0.29) is 11.9 Å². The monoisotopic (exact) mass is 334 g/mol. The standard InChI is InChI=1S/C18H30N4O2/c1-2-6-15(19)17-20-16(13-24-17)18(23)22-11-7-14(8-12-22)21-9-4-3-5-10-21/h13-15H,2-12,19H2,1H3. The van der Waals surface area contributed by atoms with Gasteiger partial charge in [0, 0.05) is 19.1 Å². The molecule has 24 heavy (non-hydrogen) atoms. The molecule has 0 radical (unpaired) electrons. The summed E-state index contributed by atoms with van der Waals surface area (Å²) in [5.74, 6) is 0.453. The molecular formula is C18H30N4O2. The highest BCUT2D eigenvalue weighted by Crippen LogP contribution is 2.22. The van der Waals surface area contributed by atoms with Crippen molar-refractivity contribution in [3.63, 3.8) is 0 Å². The zero-order valence-corrected chi connectivity index (χ0v) is 14.7. The Balaban J connectivity index is 1.53. The quantitative estimate of drug-likeness (QED) is 0.895. The molecule has 0 saturated carbocycles. The summed E-state index contributed by atoms with van der Waals surface area (Å²) in [5, 5.41) is 0. The van der Waals surface area contributed by atoms with E-state index in [1.807, 2.05) is 4.90 Å². The van der Waals surface area contributed by atoms with E-state index < -0.39 is 0 Å². The number of carbonyl (C=O) groups is 1. The number of nitrogens with zero attached hydrogens (tertiary/aromatic N) is 3. The molecule has 1 amide bonds. The van der Waals surface area contributed by atoms with Crippen LogP contribution in [0.15, 0.2) is 10.7 Å². The summed E-state index contributed by atoms with van der Waals surface area (Å²) in [6.45, 7) is 6.13. The third kappa shape index (κ3) is 3.98. The second-order valence-corrected chi connectivity index (χ2v) is 7.09. The van der Waals surface area contributed by atoms with Crippen molar-refractivity contribution in [2.75, 3.05) is 26.2 Å². The Labute approximate surface area is 144 Å². The van der Waals surface area contributed by atoms with Gasteiger partial charge in [-0.05, 0) is 45.2 Å². The largest absolute Gasteiger partial charge is 0.446 e. The maximum absolute atomic E-state index is 12.6. The number of oxazole rings is 1. The van der Waals surface area contributed by atoms with Crippen molar-refractivity contribution in [3.8, 4) is 0 Å². The second kappa shape index (κ2) is 8.12. The van der Waals surface area contributed by atoms with Gasteiger partial charge in [-0.15, -0.1) is 0 Å². The molecule has 0 spiro atoms. The number of piperidine rings is 2. The molecule has 0 aliphatic carbocycles. The molecule has 0 bridgehead atoms. The Morgan fingerprint density at radius 3 is 2.67 bits per heavy atom. The predicted molar refractivity (Wildman–Crippen MR) is 92.7 cm³/mol. The molecule has 3 heterocycles. The van der Waals surface area contributed by atoms with Crippen LogP contribution in [0.5, 0.6) is 0 Å². The minimum absolute atomic E-state index is 0.0224. The molecule has 1 aromatic rings. The molecule has 1 aromatic heterocycles. The number of likely N-dealkylation sites (tertiary alicyclic amines) is 2. The van der Waals surface area contributed by atoms with E-state index in [0.29, 0.717) is 17.6 Å². The van der Waals surface area contributed by atoms with Crippen molar-refractivity contribution in [2.45, 2.75) is 64.0 Å². The Kier molecular flexibility index (Phi) is 5.89. The highest BCUT2D eigenvalue weighted by Gasteiger charge is 2.29. The first-order valence-corrected chi connectivity index (χ1v) is 9.43. The van der Waals surface area contributed by atoms with Gasteiger partial charge in [-0.2, -0.15) is 0 Å². The van der Waals surface area contributed by atoms with Crippen LogP contribution in [0.25, 0.3) is 0 Å². The van der Waals surface area contributed by atoms with E-state index in [1.165, 1.54) is 38.6 Å². The first kappa shape index (κ1) is 17.4. The van der Waals surface area contributed by atoms with Gasteiger partial charge in [0.15, 0.2) is 5.69 Å². The minimum Gasteiger partial charge on any atom is -0.446 e. The Bertz CT molecular complexity index is 531. The highest BCUT2D eigenvalue weighted by atomic mass is 16.3. The molecule has 2 N–H and O–H groups in total. The minimum atomic E-state index is -0.221. The molecular weight excluding hydrogens is 304 g/mol. The van der Waals surface area contributed by atoms with Crippen molar-refractivity contribution >= 4 is 5.91 Å². The summed E-state index contributed by atoms with van der Waals surface area (Å²) in [6, 6.07) is 0.418. The van der Waals surface area contributed by atoms with E-state index in [1.54, 1.807) is 0 Å². The normalized spacial score (nSPS) is 21.8. The van der Waals surface area contributed by atoms with Crippen molar-refractivity contribution in [3.05, 3.63) is 17.8 Å². The predicted octanol–water partition coefficient (Wildman–Crippen LogP) is 2.56. The lowest BCUT2D eigenvalue weighted by Gasteiger charge is -2.40. The fourth-order valence-electron chi connectivity index (χ4n) is 3.87. The molecule has 6 nitrogen and oxygen atoms in total. The van der Waals surface area contributed by atoms with E-state index in [4.69, 9.17) is 10.2 Å². The van der Waals surface area contributed by atoms with Gasteiger partial charge in [0.25, 0.3) is 5.91 Å². The number of aromatic nitrogens is 1. The molecule has 2 aliphatic rings. The SMILES string of the molecule is CCCC(N)c1nc(C(=O)N2CCC(N3CCCCC3)CC2)co1. The highest BCUT2D eigenvalue weighted by molar-refractivity contribution is 5.92. The molecule has 3 rings (SSSR count). The Morgan fingerprint density at radius 1 is 1.29 bits per heavy atom. The number of amides is 1. The lowest BCUT2D eigenvalue weighted by atomic mass is 10.00. The molecule has 2 aliphatic heterocycles.